The van der Waals surface area contributed by atoms with Gasteiger partial charge in [-0.2, -0.15) is 0 Å². The molecule has 0 spiro atoms. The summed E-state index contributed by atoms with van der Waals surface area (Å²) in [5, 5.41) is 2.78. The minimum Gasteiger partial charge on any atom is -0.467 e. The van der Waals surface area contributed by atoms with Gasteiger partial charge in [-0.05, 0) is 30.5 Å². The highest BCUT2D eigenvalue weighted by Crippen LogP contribution is 2.13. The maximum atomic E-state index is 13.4. The zero-order valence-electron chi connectivity index (χ0n) is 18.6. The Hall–Kier alpha value is -3.92. The molecule has 4 aromatic rings. The van der Waals surface area contributed by atoms with Crippen molar-refractivity contribution in [1.29, 1.82) is 0 Å². The van der Waals surface area contributed by atoms with Crippen molar-refractivity contribution in [3.05, 3.63) is 87.2 Å². The zero-order valence-corrected chi connectivity index (χ0v) is 18.6. The number of hydrogen-bond donors (Lipinski definition) is 1. The summed E-state index contributed by atoms with van der Waals surface area (Å²) in [7, 11) is 0. The summed E-state index contributed by atoms with van der Waals surface area (Å²) in [5.74, 6) is 0.220. The first kappa shape index (κ1) is 21.9. The van der Waals surface area contributed by atoms with Crippen LogP contribution in [0.4, 0.5) is 0 Å². The molecule has 1 aliphatic heterocycles. The van der Waals surface area contributed by atoms with Crippen molar-refractivity contribution in [2.45, 2.75) is 38.6 Å². The summed E-state index contributed by atoms with van der Waals surface area (Å²) in [6.07, 6.45) is 4.86. The highest BCUT2D eigenvalue weighted by atomic mass is 16.5. The molecule has 3 aromatic heterocycles. The first-order chi connectivity index (χ1) is 16.6. The number of furan rings is 1. The van der Waals surface area contributed by atoms with Gasteiger partial charge in [-0.3, -0.25) is 14.2 Å². The molecule has 1 saturated heterocycles. The third kappa shape index (κ3) is 4.44. The van der Waals surface area contributed by atoms with E-state index in [2.05, 4.69) is 10.3 Å². The number of benzene rings is 1. The van der Waals surface area contributed by atoms with Crippen LogP contribution < -0.4 is 16.6 Å². The van der Waals surface area contributed by atoms with Gasteiger partial charge in [0.1, 0.15) is 12.3 Å². The lowest BCUT2D eigenvalue weighted by atomic mass is 10.2. The average Bonchev–Trinajstić information content (AvgIpc) is 3.62. The molecule has 176 valence electrons. The van der Waals surface area contributed by atoms with Crippen molar-refractivity contribution >= 4 is 17.1 Å². The average molecular weight is 463 g/mol. The molecule has 10 nitrogen and oxygen atoms in total. The van der Waals surface area contributed by atoms with Gasteiger partial charge in [0.2, 0.25) is 5.91 Å². The Morgan fingerprint density at radius 3 is 2.68 bits per heavy atom. The second kappa shape index (κ2) is 9.52. The number of aromatic nitrogens is 4. The monoisotopic (exact) mass is 463 g/mol. The fourth-order valence-electron chi connectivity index (χ4n) is 4.21. The first-order valence-corrected chi connectivity index (χ1v) is 11.2. The van der Waals surface area contributed by atoms with Gasteiger partial charge in [-0.25, -0.2) is 14.3 Å². The number of carbonyl (C=O) groups is 1. The molecule has 0 saturated carbocycles. The van der Waals surface area contributed by atoms with Gasteiger partial charge in [0.15, 0.2) is 11.2 Å². The second-order valence-electron chi connectivity index (χ2n) is 8.31. The van der Waals surface area contributed by atoms with Crippen LogP contribution in [0.2, 0.25) is 0 Å². The van der Waals surface area contributed by atoms with Crippen LogP contribution in [-0.2, 0) is 29.2 Å². The standard InChI is InChI=1S/C24H25N5O5/c30-20(25-12-18-8-4-10-33-18)15-29-23(31)21-22(26-16-27(21)14-19-9-5-11-34-19)28(24(29)32)13-17-6-2-1-3-7-17/h1-3,5-7,9,11,16,18H,4,8,10,12-15H2,(H,25,30). The van der Waals surface area contributed by atoms with Crippen molar-refractivity contribution in [2.24, 2.45) is 0 Å². The molecular weight excluding hydrogens is 438 g/mol. The molecule has 1 amide bonds. The normalized spacial score (nSPS) is 15.7. The maximum Gasteiger partial charge on any atom is 0.333 e. The smallest absolute Gasteiger partial charge is 0.333 e. The van der Waals surface area contributed by atoms with Crippen LogP contribution >= 0.6 is 0 Å². The summed E-state index contributed by atoms with van der Waals surface area (Å²) >= 11 is 0. The predicted molar refractivity (Wildman–Crippen MR) is 124 cm³/mol. The van der Waals surface area contributed by atoms with Crippen LogP contribution in [0.3, 0.4) is 0 Å². The molecule has 1 N–H and O–H groups in total. The summed E-state index contributed by atoms with van der Waals surface area (Å²) in [4.78, 5) is 43.8. The van der Waals surface area contributed by atoms with E-state index in [1.54, 1.807) is 23.0 Å². The third-order valence-corrected chi connectivity index (χ3v) is 5.93. The molecule has 1 atom stereocenters. The topological polar surface area (TPSA) is 113 Å². The van der Waals surface area contributed by atoms with E-state index in [9.17, 15) is 14.4 Å². The van der Waals surface area contributed by atoms with Crippen LogP contribution in [0.15, 0.2) is 69.1 Å². The Morgan fingerprint density at radius 2 is 1.94 bits per heavy atom. The SMILES string of the molecule is O=C(Cn1c(=O)c2c(ncn2Cc2ccco2)n(Cc2ccccc2)c1=O)NCC1CCCO1. The summed E-state index contributed by atoms with van der Waals surface area (Å²) < 4.78 is 15.0. The van der Waals surface area contributed by atoms with Crippen LogP contribution in [0.1, 0.15) is 24.2 Å². The molecule has 10 heteroatoms. The summed E-state index contributed by atoms with van der Waals surface area (Å²) in [5.41, 5.74) is 0.220. The van der Waals surface area contributed by atoms with Crippen molar-refractivity contribution in [3.8, 4) is 0 Å². The molecule has 4 heterocycles. The van der Waals surface area contributed by atoms with Crippen molar-refractivity contribution in [3.63, 3.8) is 0 Å². The minimum absolute atomic E-state index is 0.0346. The molecule has 1 aromatic carbocycles. The molecule has 0 aliphatic carbocycles. The van der Waals surface area contributed by atoms with Crippen molar-refractivity contribution in [2.75, 3.05) is 13.2 Å². The van der Waals surface area contributed by atoms with Gasteiger partial charge >= 0.3 is 5.69 Å². The van der Waals surface area contributed by atoms with E-state index in [0.717, 1.165) is 23.0 Å². The van der Waals surface area contributed by atoms with Gasteiger partial charge < -0.3 is 19.0 Å². The van der Waals surface area contributed by atoms with Gasteiger partial charge in [-0.15, -0.1) is 0 Å². The van der Waals surface area contributed by atoms with E-state index in [-0.39, 0.29) is 36.9 Å². The van der Waals surface area contributed by atoms with E-state index in [0.29, 0.717) is 18.9 Å². The lowest BCUT2D eigenvalue weighted by molar-refractivity contribution is -0.122. The van der Waals surface area contributed by atoms with Gasteiger partial charge in [0.25, 0.3) is 5.56 Å². The lowest BCUT2D eigenvalue weighted by Crippen LogP contribution is -2.45. The number of fused-ring (bicyclic) bond motifs is 1. The highest BCUT2D eigenvalue weighted by molar-refractivity contribution is 5.76. The predicted octanol–water partition coefficient (Wildman–Crippen LogP) is 1.34. The third-order valence-electron chi connectivity index (χ3n) is 5.93. The van der Waals surface area contributed by atoms with Crippen molar-refractivity contribution < 1.29 is 13.9 Å². The number of hydrogen-bond acceptors (Lipinski definition) is 6. The van der Waals surface area contributed by atoms with Gasteiger partial charge in [-0.1, -0.05) is 30.3 Å². The quantitative estimate of drug-likeness (QED) is 0.422. The second-order valence-corrected chi connectivity index (χ2v) is 8.31. The lowest BCUT2D eigenvalue weighted by Gasteiger charge is -2.14. The molecule has 1 unspecified atom stereocenters. The number of imidazole rings is 1. The zero-order chi connectivity index (χ0) is 23.5. The van der Waals surface area contributed by atoms with Crippen molar-refractivity contribution in [1.82, 2.24) is 24.0 Å². The molecule has 34 heavy (non-hydrogen) atoms. The number of nitrogens with zero attached hydrogens (tertiary/aromatic N) is 4. The van der Waals surface area contributed by atoms with E-state index in [1.807, 2.05) is 30.3 Å². The number of nitrogens with one attached hydrogen (secondary N) is 1. The van der Waals surface area contributed by atoms with E-state index in [4.69, 9.17) is 9.15 Å². The van der Waals surface area contributed by atoms with Crippen LogP contribution in [0.5, 0.6) is 0 Å². The molecule has 5 rings (SSSR count). The number of rotatable bonds is 8. The largest absolute Gasteiger partial charge is 0.467 e. The van der Waals surface area contributed by atoms with E-state index >= 15 is 0 Å². The number of amides is 1. The summed E-state index contributed by atoms with van der Waals surface area (Å²) in [6.45, 7) is 1.13. The number of carbonyl (C=O) groups excluding carboxylic acids is 1. The van der Waals surface area contributed by atoms with Crippen LogP contribution in [0, 0.1) is 0 Å². The molecule has 1 aliphatic rings. The number of ether oxygens (including phenoxy) is 1. The Morgan fingerprint density at radius 1 is 1.09 bits per heavy atom. The van der Waals surface area contributed by atoms with Gasteiger partial charge in [0.05, 0.1) is 31.8 Å². The van der Waals surface area contributed by atoms with Crippen LogP contribution in [0.25, 0.3) is 11.2 Å². The Labute approximate surface area is 194 Å². The molecule has 1 fully saturated rings. The Balaban J connectivity index is 1.53. The molecular formula is C24H25N5O5. The fraction of sp³-hybridized carbons (Fsp3) is 0.333. The maximum absolute atomic E-state index is 13.4. The molecule has 0 bridgehead atoms. The first-order valence-electron chi connectivity index (χ1n) is 11.2. The Bertz CT molecular complexity index is 1400. The highest BCUT2D eigenvalue weighted by Gasteiger charge is 2.21. The van der Waals surface area contributed by atoms with Gasteiger partial charge in [0, 0.05) is 13.2 Å². The van der Waals surface area contributed by atoms with E-state index < -0.39 is 17.2 Å². The van der Waals surface area contributed by atoms with Crippen LogP contribution in [-0.4, -0.2) is 43.8 Å². The molecule has 0 radical (unpaired) electrons. The fourth-order valence-corrected chi connectivity index (χ4v) is 4.21. The summed E-state index contributed by atoms with van der Waals surface area (Å²) in [6, 6.07) is 13.0. The van der Waals surface area contributed by atoms with E-state index in [1.165, 1.54) is 10.9 Å². The Kier molecular flexibility index (Phi) is 6.13. The minimum atomic E-state index is -0.586.